The molecule has 0 aromatic carbocycles. The van der Waals surface area contributed by atoms with E-state index in [4.69, 9.17) is 37.4 Å². The molecule has 2 rings (SSSR count). The van der Waals surface area contributed by atoms with Crippen LogP contribution in [-0.4, -0.2) is 59.2 Å². The van der Waals surface area contributed by atoms with Gasteiger partial charge in [0.25, 0.3) is 0 Å². The zero-order chi connectivity index (χ0) is 23.1. The number of nitrogen functional groups attached to an aromatic ring is 1. The topological polar surface area (TPSA) is 233 Å². The molecule has 1 fully saturated rings. The van der Waals surface area contributed by atoms with Crippen LogP contribution in [0.5, 0.6) is 0 Å². The van der Waals surface area contributed by atoms with Gasteiger partial charge in [-0.3, -0.25) is 9.09 Å². The fourth-order valence-electron chi connectivity index (χ4n) is 2.18. The van der Waals surface area contributed by atoms with Gasteiger partial charge in [0.1, 0.15) is 12.2 Å². The van der Waals surface area contributed by atoms with Gasteiger partial charge in [0.2, 0.25) is 4.77 Å². The van der Waals surface area contributed by atoms with Crippen LogP contribution < -0.4 is 5.73 Å². The van der Waals surface area contributed by atoms with E-state index >= 15 is 0 Å². The van der Waals surface area contributed by atoms with Gasteiger partial charge in [0.05, 0.1) is 6.61 Å². The molecule has 7 N–H and O–H groups in total. The molecule has 1 aromatic rings. The summed E-state index contributed by atoms with van der Waals surface area (Å²) in [5.74, 6) is -1.63. The van der Waals surface area contributed by atoms with Gasteiger partial charge < -0.3 is 35.2 Å². The molecule has 1 aliphatic heterocycles. The molecular formula is C9H14F2N3O12P3S. The van der Waals surface area contributed by atoms with E-state index in [-0.39, 0.29) is 0 Å². The first-order valence-electron chi connectivity index (χ1n) is 7.31. The number of aromatic nitrogens is 2. The standard InChI is InChI=1S/C9H14F2N3O12P3S/c10-3-1-14(9(30)13-7(3)12)8-6(15)5(11)4(24-8)2-23-28(19,20)26-29(21,22)25-27(16,17)18/h1,4-6,8,15H,2H2,(H,19,20)(H,21,22)(H2,12,13,30)(H2,16,17,18). The maximum atomic E-state index is 14.3. The number of aliphatic hydroxyl groups is 1. The summed E-state index contributed by atoms with van der Waals surface area (Å²) in [6.45, 7) is -1.17. The summed E-state index contributed by atoms with van der Waals surface area (Å²) in [6.07, 6.45) is -7.03. The molecule has 0 amide bonds. The van der Waals surface area contributed by atoms with E-state index in [1.807, 2.05) is 0 Å². The molecule has 0 radical (unpaired) electrons. The van der Waals surface area contributed by atoms with Gasteiger partial charge in [-0.25, -0.2) is 22.5 Å². The van der Waals surface area contributed by atoms with Crippen LogP contribution in [0.15, 0.2) is 6.20 Å². The summed E-state index contributed by atoms with van der Waals surface area (Å²) in [5.41, 5.74) is 5.22. The van der Waals surface area contributed by atoms with Gasteiger partial charge in [-0.05, 0) is 12.2 Å². The van der Waals surface area contributed by atoms with Crippen molar-refractivity contribution in [2.24, 2.45) is 0 Å². The molecule has 6 atom stereocenters. The van der Waals surface area contributed by atoms with E-state index in [9.17, 15) is 32.5 Å². The van der Waals surface area contributed by atoms with Crippen LogP contribution in [0.3, 0.4) is 0 Å². The van der Waals surface area contributed by atoms with Crippen molar-refractivity contribution in [2.75, 3.05) is 12.3 Å². The molecule has 0 aliphatic carbocycles. The maximum absolute atomic E-state index is 14.3. The van der Waals surface area contributed by atoms with E-state index in [2.05, 4.69) is 18.1 Å². The fourth-order valence-corrected chi connectivity index (χ4v) is 5.47. The van der Waals surface area contributed by atoms with Crippen LogP contribution in [-0.2, 0) is 31.6 Å². The van der Waals surface area contributed by atoms with Crippen molar-refractivity contribution in [3.8, 4) is 0 Å². The summed E-state index contributed by atoms with van der Waals surface area (Å²) >= 11 is 4.81. The predicted molar refractivity (Wildman–Crippen MR) is 92.1 cm³/mol. The number of aliphatic hydroxyl groups excluding tert-OH is 1. The maximum Gasteiger partial charge on any atom is 0.490 e. The second-order valence-electron chi connectivity index (χ2n) is 5.55. The monoisotopic (exact) mass is 519 g/mol. The third kappa shape index (κ3) is 6.64. The van der Waals surface area contributed by atoms with Crippen LogP contribution in [0.4, 0.5) is 14.6 Å². The first-order valence-corrected chi connectivity index (χ1v) is 12.2. The zero-order valence-electron chi connectivity index (χ0n) is 14.2. The third-order valence-corrected chi connectivity index (χ3v) is 7.42. The second kappa shape index (κ2) is 9.03. The van der Waals surface area contributed by atoms with Crippen LogP contribution in [0.25, 0.3) is 0 Å². The molecule has 0 saturated carbocycles. The minimum Gasteiger partial charge on any atom is -0.385 e. The largest absolute Gasteiger partial charge is 0.490 e. The van der Waals surface area contributed by atoms with Gasteiger partial charge in [-0.2, -0.15) is 13.6 Å². The highest BCUT2D eigenvalue weighted by Gasteiger charge is 2.47. The number of nitrogens with zero attached hydrogens (tertiary/aromatic N) is 2. The lowest BCUT2D eigenvalue weighted by Crippen LogP contribution is -2.30. The predicted octanol–water partition coefficient (Wildman–Crippen LogP) is 0.274. The highest BCUT2D eigenvalue weighted by molar-refractivity contribution is 7.71. The van der Waals surface area contributed by atoms with E-state index in [0.717, 1.165) is 4.57 Å². The molecule has 172 valence electrons. The lowest BCUT2D eigenvalue weighted by Gasteiger charge is -2.19. The molecule has 21 heteroatoms. The number of anilines is 1. The normalized spacial score (nSPS) is 28.8. The Balaban J connectivity index is 2.09. The first-order chi connectivity index (χ1) is 13.5. The van der Waals surface area contributed by atoms with Crippen molar-refractivity contribution < 1.29 is 65.0 Å². The van der Waals surface area contributed by atoms with Crippen LogP contribution in [0, 0.1) is 10.6 Å². The number of hydrogen-bond acceptors (Lipinski definition) is 11. The quantitative estimate of drug-likeness (QED) is 0.200. The lowest BCUT2D eigenvalue weighted by atomic mass is 10.1. The van der Waals surface area contributed by atoms with Gasteiger partial charge in [-0.15, -0.1) is 0 Å². The Hall–Kier alpha value is -0.710. The molecule has 6 unspecified atom stereocenters. The summed E-state index contributed by atoms with van der Waals surface area (Å²) in [4.78, 5) is 38.7. The van der Waals surface area contributed by atoms with Crippen LogP contribution in [0.1, 0.15) is 6.23 Å². The number of halogens is 2. The summed E-state index contributed by atoms with van der Waals surface area (Å²) < 4.78 is 77.9. The van der Waals surface area contributed by atoms with Crippen molar-refractivity contribution in [3.05, 3.63) is 16.8 Å². The second-order valence-corrected chi connectivity index (χ2v) is 10.3. The molecule has 15 nitrogen and oxygen atoms in total. The summed E-state index contributed by atoms with van der Waals surface area (Å²) in [6, 6.07) is 0. The minimum absolute atomic E-state index is 0.390. The number of alkyl halides is 1. The highest BCUT2D eigenvalue weighted by Crippen LogP contribution is 2.66. The molecule has 1 saturated heterocycles. The van der Waals surface area contributed by atoms with Crippen LogP contribution >= 0.6 is 35.7 Å². The summed E-state index contributed by atoms with van der Waals surface area (Å²) in [5, 5.41) is 9.95. The number of phosphoric acid groups is 3. The van der Waals surface area contributed by atoms with Gasteiger partial charge in [0, 0.05) is 6.20 Å². The SMILES string of the molecule is Nc1nc(=S)n(C2OC(COP(=O)(O)OP(=O)(O)OP(=O)(O)O)C(F)C2O)cc1F. The van der Waals surface area contributed by atoms with E-state index < -0.39 is 71.1 Å². The Bertz CT molecular complexity index is 1000. The summed E-state index contributed by atoms with van der Waals surface area (Å²) in [7, 11) is -16.9. The molecule has 0 spiro atoms. The minimum atomic E-state index is -5.77. The molecule has 0 bridgehead atoms. The molecular weight excluding hydrogens is 505 g/mol. The smallest absolute Gasteiger partial charge is 0.385 e. The lowest BCUT2D eigenvalue weighted by molar-refractivity contribution is -0.0524. The van der Waals surface area contributed by atoms with E-state index in [0.29, 0.717) is 6.20 Å². The van der Waals surface area contributed by atoms with Gasteiger partial charge in [0.15, 0.2) is 24.0 Å². The molecule has 1 aliphatic rings. The Kier molecular flexibility index (Phi) is 7.69. The van der Waals surface area contributed by atoms with E-state index in [1.54, 1.807) is 0 Å². The number of hydrogen-bond donors (Lipinski definition) is 6. The van der Waals surface area contributed by atoms with Crippen molar-refractivity contribution in [2.45, 2.75) is 24.6 Å². The first kappa shape index (κ1) is 25.5. The Morgan fingerprint density at radius 1 is 1.23 bits per heavy atom. The zero-order valence-corrected chi connectivity index (χ0v) is 17.7. The number of phosphoric ester groups is 1. The highest BCUT2D eigenvalue weighted by atomic mass is 32.1. The van der Waals surface area contributed by atoms with E-state index in [1.165, 1.54) is 0 Å². The van der Waals surface area contributed by atoms with Crippen molar-refractivity contribution in [3.63, 3.8) is 0 Å². The molecule has 30 heavy (non-hydrogen) atoms. The molecule has 2 heterocycles. The number of ether oxygens (including phenoxy) is 1. The number of rotatable bonds is 8. The van der Waals surface area contributed by atoms with Crippen molar-refractivity contribution in [1.82, 2.24) is 9.55 Å². The Morgan fingerprint density at radius 3 is 2.40 bits per heavy atom. The van der Waals surface area contributed by atoms with Crippen molar-refractivity contribution >= 4 is 41.5 Å². The van der Waals surface area contributed by atoms with Crippen LogP contribution in [0.2, 0.25) is 0 Å². The fraction of sp³-hybridized carbons (Fsp3) is 0.556. The molecule has 1 aromatic heterocycles. The average molecular weight is 519 g/mol. The van der Waals surface area contributed by atoms with Crippen molar-refractivity contribution in [1.29, 1.82) is 0 Å². The van der Waals surface area contributed by atoms with Gasteiger partial charge in [-0.1, -0.05) is 0 Å². The third-order valence-electron chi connectivity index (χ3n) is 3.31. The Labute approximate surface area is 170 Å². The number of nitrogens with two attached hydrogens (primary N) is 1. The Morgan fingerprint density at radius 2 is 1.83 bits per heavy atom. The average Bonchev–Trinajstić information content (AvgIpc) is 2.81. The van der Waals surface area contributed by atoms with Gasteiger partial charge >= 0.3 is 23.5 Å².